The van der Waals surface area contributed by atoms with Crippen molar-refractivity contribution in [3.8, 4) is 5.75 Å². The molecular weight excluding hydrogens is 422 g/mol. The van der Waals surface area contributed by atoms with Crippen molar-refractivity contribution in [3.63, 3.8) is 0 Å². The smallest absolute Gasteiger partial charge is 0.399 e. The number of aryl methyl sites for hydroxylation is 1. The van der Waals surface area contributed by atoms with Crippen LogP contribution in [0.3, 0.4) is 0 Å². The number of benzene rings is 2. The van der Waals surface area contributed by atoms with Crippen molar-refractivity contribution in [2.45, 2.75) is 42.3 Å². The highest BCUT2D eigenvalue weighted by molar-refractivity contribution is 7.94. The molecule has 3 rings (SSSR count). The number of carbonyl (C=O) groups is 1. The van der Waals surface area contributed by atoms with Gasteiger partial charge in [0.15, 0.2) is 0 Å². The number of methoxy groups -OCH3 is 1. The fourth-order valence-electron chi connectivity index (χ4n) is 3.74. The summed E-state index contributed by atoms with van der Waals surface area (Å²) < 4.78 is 40.0. The van der Waals surface area contributed by atoms with Crippen molar-refractivity contribution in [1.29, 1.82) is 5.39 Å². The van der Waals surface area contributed by atoms with Gasteiger partial charge in [0.25, 0.3) is 0 Å². The van der Waals surface area contributed by atoms with Crippen LogP contribution in [0.25, 0.3) is 9.70 Å². The molecule has 2 aromatic carbocycles. The van der Waals surface area contributed by atoms with Gasteiger partial charge in [-0.2, -0.15) is 0 Å². The van der Waals surface area contributed by atoms with Gasteiger partial charge in [0.2, 0.25) is 5.39 Å². The molecule has 0 fully saturated rings. The van der Waals surface area contributed by atoms with Gasteiger partial charge in [-0.05, 0) is 49.6 Å². The van der Waals surface area contributed by atoms with E-state index >= 15 is 0 Å². The number of hydrogen-bond donors (Lipinski definition) is 0. The molecule has 0 saturated heterocycles. The molecule has 10 heteroatoms. The van der Waals surface area contributed by atoms with Crippen LogP contribution in [0.2, 0.25) is 0 Å². The summed E-state index contributed by atoms with van der Waals surface area (Å²) in [6, 6.07) is 11.6. The highest BCUT2D eigenvalue weighted by Gasteiger charge is 2.61. The molecular formula is C21H22N3O6S-. The van der Waals surface area contributed by atoms with Gasteiger partial charge in [0.05, 0.1) is 13.7 Å². The number of sulfonamides is 1. The maximum atomic E-state index is 14.4. The number of diazo groups is 1. The topological polar surface area (TPSA) is 135 Å². The Labute approximate surface area is 180 Å². The molecule has 0 radical (unpaired) electrons. The molecule has 0 bridgehead atoms. The highest BCUT2D eigenvalue weighted by atomic mass is 32.2. The van der Waals surface area contributed by atoms with Gasteiger partial charge < -0.3 is 19.3 Å². The Hall–Kier alpha value is -3.00. The summed E-state index contributed by atoms with van der Waals surface area (Å²) in [5, 5.41) is 24.3. The summed E-state index contributed by atoms with van der Waals surface area (Å²) in [6.45, 7) is 1.45. The second-order valence-corrected chi connectivity index (χ2v) is 8.68. The zero-order chi connectivity index (χ0) is 22.7. The van der Waals surface area contributed by atoms with Crippen molar-refractivity contribution in [3.05, 3.63) is 69.4 Å². The van der Waals surface area contributed by atoms with Gasteiger partial charge in [-0.1, -0.05) is 35.6 Å². The lowest BCUT2D eigenvalue weighted by molar-refractivity contribution is -0.481. The van der Waals surface area contributed by atoms with E-state index in [1.54, 1.807) is 18.2 Å². The number of nitrogens with zero attached hydrogens (tertiary/aromatic N) is 3. The van der Waals surface area contributed by atoms with Crippen LogP contribution >= 0.6 is 0 Å². The van der Waals surface area contributed by atoms with Crippen LogP contribution in [0, 0.1) is 5.39 Å². The summed E-state index contributed by atoms with van der Waals surface area (Å²) in [6.07, 6.45) is 0.444. The van der Waals surface area contributed by atoms with Crippen LogP contribution in [0.4, 0.5) is 0 Å². The third kappa shape index (κ3) is 3.87. The fourth-order valence-corrected chi connectivity index (χ4v) is 4.91. The van der Waals surface area contributed by atoms with Gasteiger partial charge in [-0.15, -0.1) is 0 Å². The average molecular weight is 444 g/mol. The number of ether oxygens (including phenoxy) is 2. The van der Waals surface area contributed by atoms with Crippen molar-refractivity contribution < 1.29 is 27.8 Å². The van der Waals surface area contributed by atoms with Gasteiger partial charge in [0, 0.05) is 11.3 Å². The van der Waals surface area contributed by atoms with E-state index in [9.17, 15) is 23.7 Å². The minimum absolute atomic E-state index is 0.0459. The third-order valence-corrected chi connectivity index (χ3v) is 6.68. The predicted molar refractivity (Wildman–Crippen MR) is 109 cm³/mol. The average Bonchev–Trinajstić information content (AvgIpc) is 2.88. The maximum absolute atomic E-state index is 14.4. The molecule has 0 aromatic heterocycles. The lowest BCUT2D eigenvalue weighted by Gasteiger charge is -2.54. The first kappa shape index (κ1) is 22.7. The minimum atomic E-state index is -4.55. The first-order chi connectivity index (χ1) is 14.7. The van der Waals surface area contributed by atoms with Gasteiger partial charge >= 0.3 is 11.5 Å². The molecule has 31 heavy (non-hydrogen) atoms. The molecule has 0 N–H and O–H groups in total. The number of carbonyl (C=O) groups excluding carboxylic acids is 1. The van der Waals surface area contributed by atoms with E-state index in [1.165, 1.54) is 44.4 Å². The fraction of sp³-hybridized carbons (Fsp3) is 0.381. The lowest BCUT2D eigenvalue weighted by atomic mass is 9.80. The highest BCUT2D eigenvalue weighted by Crippen LogP contribution is 2.48. The molecule has 0 aliphatic heterocycles. The Balaban J connectivity index is 2.20. The Morgan fingerprint density at radius 3 is 2.52 bits per heavy atom. The van der Waals surface area contributed by atoms with Crippen molar-refractivity contribution >= 4 is 16.0 Å². The van der Waals surface area contributed by atoms with E-state index in [1.807, 2.05) is 0 Å². The number of hydrogen-bond acceptors (Lipinski definition) is 7. The summed E-state index contributed by atoms with van der Waals surface area (Å²) in [7, 11) is -3.12. The molecule has 0 spiro atoms. The zero-order valence-corrected chi connectivity index (χ0v) is 18.0. The van der Waals surface area contributed by atoms with Crippen molar-refractivity contribution in [2.75, 3.05) is 13.7 Å². The predicted octanol–water partition coefficient (Wildman–Crippen LogP) is 2.46. The SMILES string of the molecule is CCOC(=O)C1([N+]#N)CCCc2ccccc2C1([O-])[N-]S(=O)(=O)c1ccc(OC)cc1. The van der Waals surface area contributed by atoms with Gasteiger partial charge in [-0.3, -0.25) is 0 Å². The second-order valence-electron chi connectivity index (χ2n) is 7.08. The summed E-state index contributed by atoms with van der Waals surface area (Å²) in [4.78, 5) is 15.8. The van der Waals surface area contributed by atoms with Gasteiger partial charge in [0.1, 0.15) is 20.7 Å². The van der Waals surface area contributed by atoms with Gasteiger partial charge in [-0.25, -0.2) is 13.2 Å². The van der Waals surface area contributed by atoms with E-state index in [2.05, 4.69) is 9.70 Å². The molecule has 0 saturated carbocycles. The summed E-state index contributed by atoms with van der Waals surface area (Å²) in [5.74, 6) is -0.709. The van der Waals surface area contributed by atoms with E-state index < -0.39 is 27.3 Å². The molecule has 1 aliphatic carbocycles. The van der Waals surface area contributed by atoms with E-state index in [0.717, 1.165) is 0 Å². The quantitative estimate of drug-likeness (QED) is 0.379. The van der Waals surface area contributed by atoms with E-state index in [4.69, 9.17) is 9.47 Å². The molecule has 2 atom stereocenters. The van der Waals surface area contributed by atoms with E-state index in [-0.39, 0.29) is 23.5 Å². The number of fused-ring (bicyclic) bond motifs is 1. The molecule has 2 aromatic rings. The monoisotopic (exact) mass is 444 g/mol. The van der Waals surface area contributed by atoms with Crippen molar-refractivity contribution in [2.24, 2.45) is 0 Å². The molecule has 0 amide bonds. The Kier molecular flexibility index (Phi) is 6.31. The number of esters is 1. The molecule has 9 nitrogen and oxygen atoms in total. The Morgan fingerprint density at radius 1 is 1.23 bits per heavy atom. The third-order valence-electron chi connectivity index (χ3n) is 5.32. The van der Waals surface area contributed by atoms with Crippen LogP contribution < -0.4 is 9.84 Å². The first-order valence-electron chi connectivity index (χ1n) is 9.69. The molecule has 2 unspecified atom stereocenters. The lowest BCUT2D eigenvalue weighted by Crippen LogP contribution is -2.62. The normalized spacial score (nSPS) is 23.2. The minimum Gasteiger partial charge on any atom is -0.856 e. The summed E-state index contributed by atoms with van der Waals surface area (Å²) >= 11 is 0. The van der Waals surface area contributed by atoms with Crippen molar-refractivity contribution in [1.82, 2.24) is 0 Å². The van der Waals surface area contributed by atoms with Crippen LogP contribution in [0.15, 0.2) is 53.4 Å². The van der Waals surface area contributed by atoms with Crippen LogP contribution in [-0.4, -0.2) is 33.6 Å². The van der Waals surface area contributed by atoms with Crippen LogP contribution in [-0.2, 0) is 31.7 Å². The molecule has 0 heterocycles. The largest absolute Gasteiger partial charge is 0.856 e. The number of rotatable bonds is 6. The Bertz CT molecular complexity index is 1110. The Morgan fingerprint density at radius 2 is 1.90 bits per heavy atom. The second kappa shape index (κ2) is 8.63. The molecule has 164 valence electrons. The maximum Gasteiger partial charge on any atom is 0.399 e. The summed E-state index contributed by atoms with van der Waals surface area (Å²) in [5.41, 5.74) is -4.95. The van der Waals surface area contributed by atoms with Crippen LogP contribution in [0.1, 0.15) is 30.9 Å². The molecule has 1 aliphatic rings. The first-order valence-corrected chi connectivity index (χ1v) is 11.1. The zero-order valence-electron chi connectivity index (χ0n) is 17.1. The van der Waals surface area contributed by atoms with Crippen LogP contribution in [0.5, 0.6) is 5.75 Å². The van der Waals surface area contributed by atoms with E-state index in [0.29, 0.717) is 24.2 Å². The standard InChI is InChI=1S/C21H22N3O6S/c1-3-30-19(25)20(23-22)14-6-8-15-7-4-5-9-18(15)21(20,26)24-31(27,28)17-12-10-16(29-2)11-13-17/h4-5,7,9-13H,3,6,8,14H2,1-2H3/q-1.